The molecule has 0 N–H and O–H groups in total. The summed E-state index contributed by atoms with van der Waals surface area (Å²) in [5.41, 5.74) is 1.44. The highest BCUT2D eigenvalue weighted by atomic mass is 16.2. The molecule has 1 amide bonds. The van der Waals surface area contributed by atoms with Gasteiger partial charge in [-0.05, 0) is 93.4 Å². The number of piperazine rings is 1. The molecule has 2 heterocycles. The van der Waals surface area contributed by atoms with E-state index in [0.717, 1.165) is 61.4 Å². The summed E-state index contributed by atoms with van der Waals surface area (Å²) in [6.07, 6.45) is 9.34. The quantitative estimate of drug-likeness (QED) is 0.222. The van der Waals surface area contributed by atoms with E-state index in [9.17, 15) is 4.79 Å². The van der Waals surface area contributed by atoms with E-state index in [1.807, 2.05) is 25.8 Å². The van der Waals surface area contributed by atoms with Gasteiger partial charge >= 0.3 is 0 Å². The minimum Gasteiger partial charge on any atom is -0.343 e. The summed E-state index contributed by atoms with van der Waals surface area (Å²) in [7, 11) is 6.31. The van der Waals surface area contributed by atoms with Crippen LogP contribution in [0.5, 0.6) is 0 Å². The first kappa shape index (κ1) is 65.7. The van der Waals surface area contributed by atoms with Crippen LogP contribution in [0.2, 0.25) is 0 Å². The minimum atomic E-state index is 0.305. The van der Waals surface area contributed by atoms with Crippen molar-refractivity contribution >= 4 is 5.91 Å². The number of nitrogens with zero attached hydrogens (tertiary/aromatic N) is 4. The zero-order valence-corrected chi connectivity index (χ0v) is 44.3. The van der Waals surface area contributed by atoms with E-state index in [4.69, 9.17) is 0 Å². The van der Waals surface area contributed by atoms with Crippen molar-refractivity contribution in [2.24, 2.45) is 41.4 Å². The molecule has 350 valence electrons. The van der Waals surface area contributed by atoms with Crippen molar-refractivity contribution in [3.8, 4) is 0 Å². The van der Waals surface area contributed by atoms with Crippen LogP contribution in [0.25, 0.3) is 0 Å². The van der Waals surface area contributed by atoms with Gasteiger partial charge in [0.25, 0.3) is 0 Å². The van der Waals surface area contributed by atoms with Gasteiger partial charge in [-0.1, -0.05) is 194 Å². The zero-order valence-electron chi connectivity index (χ0n) is 44.3. The fourth-order valence-electron chi connectivity index (χ4n) is 4.71. The number of rotatable bonds is 11. The molecule has 5 heteroatoms. The molecular weight excluding hydrogens is 709 g/mol. The van der Waals surface area contributed by atoms with E-state index in [0.29, 0.717) is 24.3 Å². The maximum absolute atomic E-state index is 11.8. The molecule has 1 aromatic rings. The molecule has 0 aromatic heterocycles. The number of amides is 1. The van der Waals surface area contributed by atoms with Crippen LogP contribution >= 0.6 is 0 Å². The third kappa shape index (κ3) is 52.6. The first-order valence-electron chi connectivity index (χ1n) is 24.4. The summed E-state index contributed by atoms with van der Waals surface area (Å²) in [6, 6.07) is 11.1. The van der Waals surface area contributed by atoms with E-state index in [1.165, 1.54) is 70.4 Å². The summed E-state index contributed by atoms with van der Waals surface area (Å²) in [4.78, 5) is 21.1. The number of benzene rings is 1. The molecule has 58 heavy (non-hydrogen) atoms. The average molecular weight is 822 g/mol. The largest absolute Gasteiger partial charge is 0.343 e. The van der Waals surface area contributed by atoms with Crippen LogP contribution in [0.1, 0.15) is 189 Å². The second kappa shape index (κ2) is 45.1. The molecule has 0 aliphatic carbocycles. The highest BCUT2D eigenvalue weighted by Gasteiger charge is 2.24. The second-order valence-electron chi connectivity index (χ2n) is 19.4. The van der Waals surface area contributed by atoms with Crippen LogP contribution in [-0.2, 0) is 11.2 Å². The molecule has 3 rings (SSSR count). The maximum atomic E-state index is 11.8. The second-order valence-corrected chi connectivity index (χ2v) is 19.4. The lowest BCUT2D eigenvalue weighted by Crippen LogP contribution is -2.45. The monoisotopic (exact) mass is 821 g/mol. The Hall–Kier alpha value is -1.43. The van der Waals surface area contributed by atoms with E-state index in [1.54, 1.807) is 0 Å². The zero-order chi connectivity index (χ0) is 46.2. The van der Waals surface area contributed by atoms with Gasteiger partial charge in [-0.25, -0.2) is 0 Å². The Bertz CT molecular complexity index is 879. The van der Waals surface area contributed by atoms with Gasteiger partial charge in [-0.3, -0.25) is 4.79 Å². The molecule has 1 aromatic carbocycles. The Morgan fingerprint density at radius 2 is 0.897 bits per heavy atom. The molecule has 0 saturated carbocycles. The lowest BCUT2D eigenvalue weighted by molar-refractivity contribution is -0.133. The fourth-order valence-corrected chi connectivity index (χ4v) is 4.71. The highest BCUT2D eigenvalue weighted by Crippen LogP contribution is 2.16. The van der Waals surface area contributed by atoms with Crippen molar-refractivity contribution in [3.63, 3.8) is 0 Å². The van der Waals surface area contributed by atoms with Crippen LogP contribution in [0, 0.1) is 41.4 Å². The number of carbonyl (C=O) groups is 1. The third-order valence-electron chi connectivity index (χ3n) is 10.2. The van der Waals surface area contributed by atoms with Gasteiger partial charge < -0.3 is 19.6 Å². The van der Waals surface area contributed by atoms with Gasteiger partial charge in [-0.2, -0.15) is 0 Å². The normalized spacial score (nSPS) is 14.6. The Morgan fingerprint density at radius 1 is 0.552 bits per heavy atom. The first-order chi connectivity index (χ1) is 27.1. The van der Waals surface area contributed by atoms with E-state index in [-0.39, 0.29) is 0 Å². The van der Waals surface area contributed by atoms with Crippen LogP contribution in [0.15, 0.2) is 30.3 Å². The molecule has 0 radical (unpaired) electrons. The summed E-state index contributed by atoms with van der Waals surface area (Å²) in [6.45, 7) is 52.3. The molecule has 5 nitrogen and oxygen atoms in total. The summed E-state index contributed by atoms with van der Waals surface area (Å²) in [5, 5.41) is 0. The molecule has 0 bridgehead atoms. The van der Waals surface area contributed by atoms with Gasteiger partial charge in [0.15, 0.2) is 0 Å². The van der Waals surface area contributed by atoms with Gasteiger partial charge in [0.2, 0.25) is 5.91 Å². The Kier molecular flexibility index (Phi) is 51.1. The molecular formula is C53H112N4O. The molecule has 2 aliphatic rings. The molecule has 0 unspecified atom stereocenters. The molecule has 0 spiro atoms. The predicted molar refractivity (Wildman–Crippen MR) is 268 cm³/mol. The van der Waals surface area contributed by atoms with Crippen molar-refractivity contribution in [3.05, 3.63) is 35.9 Å². The van der Waals surface area contributed by atoms with Crippen LogP contribution in [0.4, 0.5) is 0 Å². The summed E-state index contributed by atoms with van der Waals surface area (Å²) >= 11 is 0. The number of hydrogen-bond donors (Lipinski definition) is 0. The van der Waals surface area contributed by atoms with Crippen LogP contribution < -0.4 is 0 Å². The van der Waals surface area contributed by atoms with E-state index >= 15 is 0 Å². The van der Waals surface area contributed by atoms with Gasteiger partial charge in [0, 0.05) is 52.2 Å². The van der Waals surface area contributed by atoms with Crippen molar-refractivity contribution in [1.82, 2.24) is 19.6 Å². The molecule has 2 saturated heterocycles. The van der Waals surface area contributed by atoms with Crippen molar-refractivity contribution in [1.29, 1.82) is 0 Å². The standard InChI is InChI=1S/C12H24N2O.C10H14.C9H20N2.4C5H12.C2H6/c1-10(2)9-12(15)14(4)11-5-7-13(3)8-6-11;1-9(2)8-10-6-4-3-5-7-10;1-9(2)8-11-6-4-10(3)5-7-11;4*1-4-5(2)3;1-2/h10-11H,5-9H2,1-4H3;3-7,9H,8H2,1-2H3;9H,4-8H2,1-3H3;4*5H,4H2,1-3H3;1-2H3. The lowest BCUT2D eigenvalue weighted by atomic mass is 10.0. The van der Waals surface area contributed by atoms with Crippen LogP contribution in [0.3, 0.4) is 0 Å². The van der Waals surface area contributed by atoms with Gasteiger partial charge in [0.05, 0.1) is 0 Å². The molecule has 0 atom stereocenters. The SMILES string of the molecule is CC.CC(C)CC(=O)N(C)C1CCN(C)CC1.CC(C)CN1CCN(C)CC1.CC(C)Cc1ccccc1.CCC(C)C.CCC(C)C.CCC(C)C.CCC(C)C. The first-order valence-corrected chi connectivity index (χ1v) is 24.4. The number of carbonyl (C=O) groups excluding carboxylic acids is 1. The molecule has 2 aliphatic heterocycles. The number of likely N-dealkylation sites (N-methyl/N-ethyl adjacent to an activating group) is 1. The maximum Gasteiger partial charge on any atom is 0.222 e. The lowest BCUT2D eigenvalue weighted by Gasteiger charge is -2.35. The summed E-state index contributed by atoms with van der Waals surface area (Å²) in [5.74, 6) is 5.89. The number of hydrogen-bond acceptors (Lipinski definition) is 4. The Morgan fingerprint density at radius 3 is 1.19 bits per heavy atom. The Balaban J connectivity index is -0.000000196. The smallest absolute Gasteiger partial charge is 0.222 e. The van der Waals surface area contributed by atoms with Gasteiger partial charge in [-0.15, -0.1) is 0 Å². The summed E-state index contributed by atoms with van der Waals surface area (Å²) < 4.78 is 0. The van der Waals surface area contributed by atoms with E-state index < -0.39 is 0 Å². The minimum absolute atomic E-state index is 0.305. The topological polar surface area (TPSA) is 30.0 Å². The van der Waals surface area contributed by atoms with Gasteiger partial charge in [0.1, 0.15) is 0 Å². The third-order valence-corrected chi connectivity index (χ3v) is 10.2. The highest BCUT2D eigenvalue weighted by molar-refractivity contribution is 5.76. The predicted octanol–water partition coefficient (Wildman–Crippen LogP) is 14.6. The number of likely N-dealkylation sites (tertiary alicyclic amines) is 1. The van der Waals surface area contributed by atoms with Crippen molar-refractivity contribution < 1.29 is 4.79 Å². The van der Waals surface area contributed by atoms with Crippen LogP contribution in [-0.4, -0.2) is 98.5 Å². The Labute approximate surface area is 369 Å². The van der Waals surface area contributed by atoms with Crippen molar-refractivity contribution in [2.75, 3.05) is 67.0 Å². The number of piperidine rings is 1. The van der Waals surface area contributed by atoms with E-state index in [2.05, 4.69) is 184 Å². The van der Waals surface area contributed by atoms with Crippen molar-refractivity contribution in [2.45, 2.75) is 196 Å². The molecule has 2 fully saturated rings. The average Bonchev–Trinajstić information content (AvgIpc) is 3.17. The fraction of sp³-hybridized carbons (Fsp3) is 0.868.